The summed E-state index contributed by atoms with van der Waals surface area (Å²) >= 11 is 12.8. The molecule has 2 aliphatic rings. The molecule has 0 saturated heterocycles. The highest BCUT2D eigenvalue weighted by Crippen LogP contribution is 2.40. The lowest BCUT2D eigenvalue weighted by Crippen LogP contribution is -2.35. The first-order valence-corrected chi connectivity index (χ1v) is 8.82. The number of amides is 1. The van der Waals surface area contributed by atoms with Gasteiger partial charge >= 0.3 is 0 Å². The Balaban J connectivity index is 1.92. The highest BCUT2D eigenvalue weighted by molar-refractivity contribution is 6.45. The number of hydrogen-bond acceptors (Lipinski definition) is 3. The van der Waals surface area contributed by atoms with Gasteiger partial charge in [0.05, 0.1) is 15.6 Å². The molecule has 2 aliphatic heterocycles. The third-order valence-corrected chi connectivity index (χ3v) is 5.56. The van der Waals surface area contributed by atoms with Crippen LogP contribution in [0, 0.1) is 0 Å². The molecule has 1 amide bonds. The van der Waals surface area contributed by atoms with E-state index in [1.807, 2.05) is 24.1 Å². The van der Waals surface area contributed by atoms with Crippen molar-refractivity contribution < 1.29 is 4.79 Å². The fourth-order valence-corrected chi connectivity index (χ4v) is 3.94. The van der Waals surface area contributed by atoms with Crippen molar-refractivity contribution in [2.75, 3.05) is 13.1 Å². The molecule has 0 saturated carbocycles. The summed E-state index contributed by atoms with van der Waals surface area (Å²) in [6.45, 7) is 3.96. The number of benzene rings is 1. The van der Waals surface area contributed by atoms with E-state index >= 15 is 0 Å². The van der Waals surface area contributed by atoms with Gasteiger partial charge in [-0.15, -0.1) is 0 Å². The molecule has 0 spiro atoms. The highest BCUT2D eigenvalue weighted by Gasteiger charge is 2.27. The number of nitrogens with zero attached hydrogens (tertiary/aromatic N) is 1. The van der Waals surface area contributed by atoms with Gasteiger partial charge in [0.2, 0.25) is 5.91 Å². The third-order valence-electron chi connectivity index (χ3n) is 4.77. The largest absolute Gasteiger partial charge is 0.357 e. The Morgan fingerprint density at radius 3 is 2.92 bits per heavy atom. The minimum atomic E-state index is 0.181. The summed E-state index contributed by atoms with van der Waals surface area (Å²) < 4.78 is 0. The van der Waals surface area contributed by atoms with Gasteiger partial charge in [0.25, 0.3) is 0 Å². The van der Waals surface area contributed by atoms with Crippen LogP contribution in [0.25, 0.3) is 16.5 Å². The summed E-state index contributed by atoms with van der Waals surface area (Å²) in [5, 5.41) is 2.15. The highest BCUT2D eigenvalue weighted by atomic mass is 35.5. The molecule has 24 heavy (non-hydrogen) atoms. The van der Waals surface area contributed by atoms with Crippen LogP contribution in [0.1, 0.15) is 30.2 Å². The van der Waals surface area contributed by atoms with Crippen LogP contribution < -0.4 is 10.9 Å². The average molecular weight is 365 g/mol. The molecule has 126 valence electrons. The van der Waals surface area contributed by atoms with Gasteiger partial charge in [-0.3, -0.25) is 4.79 Å². The van der Waals surface area contributed by atoms with E-state index < -0.39 is 0 Å². The molecular formula is C17H18Cl2N4O. The maximum atomic E-state index is 12.1. The van der Waals surface area contributed by atoms with Gasteiger partial charge in [-0.2, -0.15) is 0 Å². The fraction of sp³-hybridized carbons (Fsp3) is 0.353. The molecule has 0 atom stereocenters. The maximum absolute atomic E-state index is 12.1. The second kappa shape index (κ2) is 5.99. The maximum Gasteiger partial charge on any atom is 0.222 e. The van der Waals surface area contributed by atoms with Crippen LogP contribution in [0.2, 0.25) is 10.0 Å². The lowest BCUT2D eigenvalue weighted by atomic mass is 9.96. The molecule has 7 heteroatoms. The van der Waals surface area contributed by atoms with Crippen molar-refractivity contribution in [2.24, 2.45) is 0 Å². The monoisotopic (exact) mass is 364 g/mol. The first kappa shape index (κ1) is 15.8. The van der Waals surface area contributed by atoms with Gasteiger partial charge in [-0.05, 0) is 17.2 Å². The summed E-state index contributed by atoms with van der Waals surface area (Å²) in [4.78, 5) is 17.5. The average Bonchev–Trinajstić information content (AvgIpc) is 3.24. The van der Waals surface area contributed by atoms with Gasteiger partial charge < -0.3 is 15.3 Å². The number of carbonyl (C=O) groups is 1. The number of H-pyrrole nitrogens is 1. The molecular weight excluding hydrogens is 347 g/mol. The minimum absolute atomic E-state index is 0.181. The normalized spacial score (nSPS) is 17.0. The smallest absolute Gasteiger partial charge is 0.222 e. The van der Waals surface area contributed by atoms with Crippen molar-refractivity contribution in [1.82, 2.24) is 20.7 Å². The summed E-state index contributed by atoms with van der Waals surface area (Å²) in [5.74, 6) is 0.181. The van der Waals surface area contributed by atoms with E-state index in [4.69, 9.17) is 23.2 Å². The molecule has 4 rings (SSSR count). The van der Waals surface area contributed by atoms with Crippen molar-refractivity contribution in [3.05, 3.63) is 39.1 Å². The van der Waals surface area contributed by atoms with Crippen LogP contribution in [0.4, 0.5) is 0 Å². The quantitative estimate of drug-likeness (QED) is 0.766. The van der Waals surface area contributed by atoms with Gasteiger partial charge in [-0.25, -0.2) is 5.43 Å². The van der Waals surface area contributed by atoms with Gasteiger partial charge in [-0.1, -0.05) is 30.1 Å². The third kappa shape index (κ3) is 2.39. The lowest BCUT2D eigenvalue weighted by molar-refractivity contribution is -0.131. The Morgan fingerprint density at radius 1 is 1.38 bits per heavy atom. The molecule has 0 radical (unpaired) electrons. The number of rotatable bonds is 2. The van der Waals surface area contributed by atoms with Crippen LogP contribution in [0.15, 0.2) is 12.3 Å². The van der Waals surface area contributed by atoms with Crippen molar-refractivity contribution in [2.45, 2.75) is 26.3 Å². The molecule has 3 N–H and O–H groups in total. The van der Waals surface area contributed by atoms with E-state index in [-0.39, 0.29) is 5.91 Å². The van der Waals surface area contributed by atoms with Crippen molar-refractivity contribution in [1.29, 1.82) is 0 Å². The first-order chi connectivity index (χ1) is 11.6. The molecule has 1 aromatic heterocycles. The predicted octanol–water partition coefficient (Wildman–Crippen LogP) is 3.22. The summed E-state index contributed by atoms with van der Waals surface area (Å²) in [6.07, 6.45) is 3.27. The number of aromatic amines is 1. The predicted molar refractivity (Wildman–Crippen MR) is 96.8 cm³/mol. The Kier molecular flexibility index (Phi) is 3.95. The van der Waals surface area contributed by atoms with E-state index in [9.17, 15) is 4.79 Å². The molecule has 0 bridgehead atoms. The number of hydrazine groups is 1. The van der Waals surface area contributed by atoms with E-state index in [2.05, 4.69) is 15.8 Å². The molecule has 1 aromatic carbocycles. The van der Waals surface area contributed by atoms with Crippen LogP contribution in [-0.4, -0.2) is 28.9 Å². The number of carbonyl (C=O) groups excluding carboxylic acids is 1. The van der Waals surface area contributed by atoms with Crippen LogP contribution in [0.5, 0.6) is 0 Å². The van der Waals surface area contributed by atoms with E-state index in [1.165, 1.54) is 0 Å². The number of hydrogen-bond donors (Lipinski definition) is 3. The van der Waals surface area contributed by atoms with Crippen LogP contribution in [0.3, 0.4) is 0 Å². The molecule has 3 heterocycles. The molecule has 0 fully saturated rings. The summed E-state index contributed by atoms with van der Waals surface area (Å²) in [5.41, 5.74) is 11.4. The zero-order valence-corrected chi connectivity index (χ0v) is 14.8. The van der Waals surface area contributed by atoms with Gasteiger partial charge in [0.15, 0.2) is 0 Å². The van der Waals surface area contributed by atoms with Crippen molar-refractivity contribution in [3.63, 3.8) is 0 Å². The number of nitrogens with one attached hydrogen (secondary N) is 3. The van der Waals surface area contributed by atoms with E-state index in [0.29, 0.717) is 29.6 Å². The van der Waals surface area contributed by atoms with Crippen molar-refractivity contribution in [3.8, 4) is 0 Å². The zero-order chi connectivity index (χ0) is 16.8. The number of halogens is 2. The van der Waals surface area contributed by atoms with Crippen LogP contribution >= 0.6 is 23.2 Å². The first-order valence-electron chi connectivity index (χ1n) is 8.07. The SMILES string of the molecule is CCC(=O)N1CCc2[nH]c3c(Cl)c(Cl)cc(C4=CNNC4)c3c2C1. The topological polar surface area (TPSA) is 60.2 Å². The number of fused-ring (bicyclic) bond motifs is 3. The number of aromatic nitrogens is 1. The summed E-state index contributed by atoms with van der Waals surface area (Å²) in [6, 6.07) is 1.92. The van der Waals surface area contributed by atoms with Crippen LogP contribution in [-0.2, 0) is 17.8 Å². The zero-order valence-electron chi connectivity index (χ0n) is 13.3. The molecule has 2 aromatic rings. The fourth-order valence-electron chi connectivity index (χ4n) is 3.54. The van der Waals surface area contributed by atoms with E-state index in [0.717, 1.165) is 46.3 Å². The van der Waals surface area contributed by atoms with E-state index in [1.54, 1.807) is 0 Å². The molecule has 5 nitrogen and oxygen atoms in total. The second-order valence-corrected chi connectivity index (χ2v) is 6.92. The Hall–Kier alpha value is -1.69. The molecule has 0 unspecified atom stereocenters. The lowest BCUT2D eigenvalue weighted by Gasteiger charge is -2.27. The van der Waals surface area contributed by atoms with Gasteiger partial charge in [0.1, 0.15) is 0 Å². The Bertz CT molecular complexity index is 871. The Labute approximate surface area is 150 Å². The standard InChI is InChI=1S/C17H18Cl2N4O/c1-2-14(24)23-4-3-13-11(8-23)15-10(9-6-20-21-7-9)5-12(18)16(19)17(15)22-13/h5-6,20-22H,2-4,7-8H2,1H3. The minimum Gasteiger partial charge on any atom is -0.357 e. The molecule has 0 aliphatic carbocycles. The second-order valence-electron chi connectivity index (χ2n) is 6.14. The Morgan fingerprint density at radius 2 is 2.21 bits per heavy atom. The summed E-state index contributed by atoms with van der Waals surface area (Å²) in [7, 11) is 0. The van der Waals surface area contributed by atoms with Crippen molar-refractivity contribution >= 4 is 45.6 Å². The van der Waals surface area contributed by atoms with Gasteiger partial charge in [0, 0.05) is 55.3 Å².